The van der Waals surface area contributed by atoms with Crippen LogP contribution in [0.3, 0.4) is 0 Å². The van der Waals surface area contributed by atoms with Crippen LogP contribution in [0.1, 0.15) is 17.5 Å². The Morgan fingerprint density at radius 2 is 2.00 bits per heavy atom. The highest BCUT2D eigenvalue weighted by Crippen LogP contribution is 2.24. The molecule has 2 aromatic heterocycles. The lowest BCUT2D eigenvalue weighted by molar-refractivity contribution is -0.128. The molecule has 0 aliphatic carbocycles. The van der Waals surface area contributed by atoms with E-state index in [0.29, 0.717) is 18.9 Å². The number of hydrogen-bond donors (Lipinski definition) is 1. The van der Waals surface area contributed by atoms with Crippen LogP contribution in [0, 0.1) is 17.2 Å². The van der Waals surface area contributed by atoms with E-state index in [2.05, 4.69) is 15.4 Å². The van der Waals surface area contributed by atoms with Gasteiger partial charge in [-0.3, -0.25) is 9.59 Å². The van der Waals surface area contributed by atoms with E-state index in [1.54, 1.807) is 29.3 Å². The molecule has 3 heterocycles. The molecule has 1 aliphatic rings. The number of rotatable bonds is 5. The van der Waals surface area contributed by atoms with Crippen molar-refractivity contribution in [1.82, 2.24) is 19.7 Å². The lowest BCUT2D eigenvalue weighted by atomic mass is 10.1. The smallest absolute Gasteiger partial charge is 0.230 e. The molecular formula is C21H18N6O2. The molecule has 8 nitrogen and oxygen atoms in total. The van der Waals surface area contributed by atoms with Crippen molar-refractivity contribution in [2.75, 3.05) is 11.9 Å². The Bertz CT molecular complexity index is 1070. The van der Waals surface area contributed by atoms with E-state index < -0.39 is 5.92 Å². The number of hydrogen-bond acceptors (Lipinski definition) is 5. The van der Waals surface area contributed by atoms with Gasteiger partial charge in [0.2, 0.25) is 11.8 Å². The molecule has 144 valence electrons. The van der Waals surface area contributed by atoms with Gasteiger partial charge >= 0.3 is 0 Å². The van der Waals surface area contributed by atoms with Crippen LogP contribution in [0.2, 0.25) is 0 Å². The zero-order chi connectivity index (χ0) is 20.2. The van der Waals surface area contributed by atoms with Crippen molar-refractivity contribution in [3.63, 3.8) is 0 Å². The van der Waals surface area contributed by atoms with Crippen LogP contribution >= 0.6 is 0 Å². The zero-order valence-corrected chi connectivity index (χ0v) is 15.5. The number of nitriles is 1. The summed E-state index contributed by atoms with van der Waals surface area (Å²) >= 11 is 0. The summed E-state index contributed by atoms with van der Waals surface area (Å²) in [5.41, 5.74) is 1.25. The average Bonchev–Trinajstić information content (AvgIpc) is 3.33. The largest absolute Gasteiger partial charge is 0.338 e. The Kier molecular flexibility index (Phi) is 5.03. The van der Waals surface area contributed by atoms with Crippen molar-refractivity contribution in [2.24, 2.45) is 5.92 Å². The second-order valence-corrected chi connectivity index (χ2v) is 6.77. The van der Waals surface area contributed by atoms with Gasteiger partial charge in [0.15, 0.2) is 11.6 Å². The number of anilines is 1. The molecule has 1 saturated heterocycles. The molecule has 0 bridgehead atoms. The molecular weight excluding hydrogens is 368 g/mol. The summed E-state index contributed by atoms with van der Waals surface area (Å²) in [6.07, 6.45) is 3.12. The summed E-state index contributed by atoms with van der Waals surface area (Å²) in [4.78, 5) is 31.1. The maximum absolute atomic E-state index is 12.8. The predicted octanol–water partition coefficient (Wildman–Crippen LogP) is 2.13. The van der Waals surface area contributed by atoms with Gasteiger partial charge in [-0.2, -0.15) is 15.0 Å². The number of carbonyl (C=O) groups is 2. The number of pyridine rings is 1. The van der Waals surface area contributed by atoms with Crippen molar-refractivity contribution < 1.29 is 9.59 Å². The van der Waals surface area contributed by atoms with Gasteiger partial charge in [-0.05, 0) is 17.7 Å². The third kappa shape index (κ3) is 3.84. The molecule has 0 spiro atoms. The normalized spacial score (nSPS) is 15.9. The van der Waals surface area contributed by atoms with Crippen LogP contribution in [0.5, 0.6) is 0 Å². The van der Waals surface area contributed by atoms with E-state index in [0.717, 1.165) is 5.56 Å². The first kappa shape index (κ1) is 18.4. The fraction of sp³-hybridized carbons (Fsp3) is 0.190. The second kappa shape index (κ2) is 7.94. The van der Waals surface area contributed by atoms with E-state index in [1.165, 1.54) is 10.9 Å². The van der Waals surface area contributed by atoms with Gasteiger partial charge in [0.05, 0.1) is 12.1 Å². The molecule has 2 amide bonds. The zero-order valence-electron chi connectivity index (χ0n) is 15.5. The van der Waals surface area contributed by atoms with Gasteiger partial charge in [0, 0.05) is 25.7 Å². The summed E-state index contributed by atoms with van der Waals surface area (Å²) < 4.78 is 1.41. The van der Waals surface area contributed by atoms with E-state index >= 15 is 0 Å². The number of nitrogens with zero attached hydrogens (tertiary/aromatic N) is 5. The van der Waals surface area contributed by atoms with Crippen molar-refractivity contribution in [1.29, 1.82) is 5.26 Å². The summed E-state index contributed by atoms with van der Waals surface area (Å²) in [6, 6.07) is 17.0. The number of nitrogens with one attached hydrogen (secondary N) is 1. The van der Waals surface area contributed by atoms with Crippen LogP contribution in [-0.4, -0.2) is 38.0 Å². The monoisotopic (exact) mass is 386 g/mol. The molecule has 0 saturated carbocycles. The molecule has 29 heavy (non-hydrogen) atoms. The number of aromatic nitrogens is 3. The minimum absolute atomic E-state index is 0.0623. The topological polar surface area (TPSA) is 104 Å². The second-order valence-electron chi connectivity index (χ2n) is 6.77. The Balaban J connectivity index is 1.50. The number of benzene rings is 1. The number of carbonyl (C=O) groups excluding carboxylic acids is 2. The van der Waals surface area contributed by atoms with Gasteiger partial charge < -0.3 is 10.2 Å². The molecule has 1 aliphatic heterocycles. The molecule has 1 fully saturated rings. The lowest BCUT2D eigenvalue weighted by Gasteiger charge is -2.17. The molecule has 1 aromatic carbocycles. The van der Waals surface area contributed by atoms with E-state index in [-0.39, 0.29) is 29.6 Å². The van der Waals surface area contributed by atoms with Gasteiger partial charge in [-0.25, -0.2) is 4.98 Å². The van der Waals surface area contributed by atoms with Crippen molar-refractivity contribution in [3.8, 4) is 11.9 Å². The summed E-state index contributed by atoms with van der Waals surface area (Å²) in [5, 5.41) is 16.3. The summed E-state index contributed by atoms with van der Waals surface area (Å²) in [7, 11) is 0. The van der Waals surface area contributed by atoms with Crippen LogP contribution in [0.25, 0.3) is 5.82 Å². The minimum atomic E-state index is -0.496. The summed E-state index contributed by atoms with van der Waals surface area (Å²) in [5.74, 6) is -0.136. The molecule has 8 heteroatoms. The molecule has 3 aromatic rings. The van der Waals surface area contributed by atoms with Crippen molar-refractivity contribution >= 4 is 17.6 Å². The third-order valence-electron chi connectivity index (χ3n) is 4.80. The molecule has 1 N–H and O–H groups in total. The standard InChI is InChI=1S/C21H18N6O2/c22-11-17-12-24-27(18-8-4-5-9-23-18)20(17)25-21(29)16-10-19(28)26(14-16)13-15-6-2-1-3-7-15/h1-9,12,16H,10,13-14H2,(H,25,29). The number of likely N-dealkylation sites (tertiary alicyclic amines) is 1. The maximum Gasteiger partial charge on any atom is 0.230 e. The first-order valence-corrected chi connectivity index (χ1v) is 9.18. The van der Waals surface area contributed by atoms with Gasteiger partial charge in [-0.15, -0.1) is 0 Å². The van der Waals surface area contributed by atoms with Crippen molar-refractivity contribution in [2.45, 2.75) is 13.0 Å². The van der Waals surface area contributed by atoms with E-state index in [4.69, 9.17) is 0 Å². The Morgan fingerprint density at radius 3 is 2.72 bits per heavy atom. The lowest BCUT2D eigenvalue weighted by Crippen LogP contribution is -2.28. The number of amides is 2. The van der Waals surface area contributed by atoms with Gasteiger partial charge in [0.25, 0.3) is 0 Å². The molecule has 1 atom stereocenters. The Labute approximate surface area is 167 Å². The highest BCUT2D eigenvalue weighted by molar-refractivity contribution is 5.97. The Hall–Kier alpha value is -3.99. The quantitative estimate of drug-likeness (QED) is 0.723. The first-order chi connectivity index (χ1) is 14.2. The first-order valence-electron chi connectivity index (χ1n) is 9.18. The van der Waals surface area contributed by atoms with Crippen LogP contribution in [-0.2, 0) is 16.1 Å². The van der Waals surface area contributed by atoms with Crippen LogP contribution < -0.4 is 5.32 Å². The van der Waals surface area contributed by atoms with E-state index in [1.807, 2.05) is 36.4 Å². The van der Waals surface area contributed by atoms with Crippen LogP contribution in [0.15, 0.2) is 60.9 Å². The highest BCUT2D eigenvalue weighted by atomic mass is 16.2. The summed E-state index contributed by atoms with van der Waals surface area (Å²) in [6.45, 7) is 0.804. The minimum Gasteiger partial charge on any atom is -0.338 e. The van der Waals surface area contributed by atoms with Gasteiger partial charge in [0.1, 0.15) is 11.6 Å². The van der Waals surface area contributed by atoms with Gasteiger partial charge in [-0.1, -0.05) is 36.4 Å². The fourth-order valence-electron chi connectivity index (χ4n) is 3.33. The van der Waals surface area contributed by atoms with Crippen molar-refractivity contribution in [3.05, 3.63) is 72.1 Å². The highest BCUT2D eigenvalue weighted by Gasteiger charge is 2.35. The Morgan fingerprint density at radius 1 is 1.21 bits per heavy atom. The maximum atomic E-state index is 12.8. The average molecular weight is 386 g/mol. The fourth-order valence-corrected chi connectivity index (χ4v) is 3.33. The molecule has 1 unspecified atom stereocenters. The SMILES string of the molecule is N#Cc1cnn(-c2ccccn2)c1NC(=O)C1CC(=O)N(Cc2ccccc2)C1. The predicted molar refractivity (Wildman–Crippen MR) is 105 cm³/mol. The van der Waals surface area contributed by atoms with Crippen LogP contribution in [0.4, 0.5) is 5.82 Å². The molecule has 0 radical (unpaired) electrons. The van der Waals surface area contributed by atoms with E-state index in [9.17, 15) is 14.9 Å². The molecule has 4 rings (SSSR count). The third-order valence-corrected chi connectivity index (χ3v) is 4.80.